The Morgan fingerprint density at radius 1 is 0.690 bits per heavy atom. The average Bonchev–Trinajstić information content (AvgIpc) is 3.10. The second-order valence-corrected chi connectivity index (χ2v) is 11.1. The summed E-state index contributed by atoms with van der Waals surface area (Å²) in [5, 5.41) is 5.16. The van der Waals surface area contributed by atoms with Gasteiger partial charge >= 0.3 is 0 Å². The lowest BCUT2D eigenvalue weighted by molar-refractivity contribution is 0.444. The molecule has 0 atom stereocenters. The van der Waals surface area contributed by atoms with E-state index in [2.05, 4.69) is 140 Å². The Labute approximate surface area is 247 Å². The van der Waals surface area contributed by atoms with Gasteiger partial charge < -0.3 is 9.64 Å². The number of ether oxygens (including phenoxy) is 1. The minimum Gasteiger partial charge on any atom is -0.457 e. The summed E-state index contributed by atoms with van der Waals surface area (Å²) in [6.07, 6.45) is 5.77. The summed E-state index contributed by atoms with van der Waals surface area (Å²) >= 11 is 0. The van der Waals surface area contributed by atoms with Crippen molar-refractivity contribution >= 4 is 21.5 Å². The van der Waals surface area contributed by atoms with Gasteiger partial charge in [0.1, 0.15) is 11.5 Å². The van der Waals surface area contributed by atoms with E-state index in [0.717, 1.165) is 36.3 Å². The van der Waals surface area contributed by atoms with E-state index in [-0.39, 0.29) is 0 Å². The van der Waals surface area contributed by atoms with E-state index in [1.807, 2.05) is 12.3 Å². The molecule has 0 saturated heterocycles. The highest BCUT2D eigenvalue weighted by Gasteiger charge is 2.18. The molecule has 2 nitrogen and oxygen atoms in total. The Kier molecular flexibility index (Phi) is 6.81. The Bertz CT molecular complexity index is 1910. The molecule has 6 aromatic carbocycles. The molecule has 1 aliphatic heterocycles. The van der Waals surface area contributed by atoms with Crippen molar-refractivity contribution in [2.75, 3.05) is 13.6 Å². The summed E-state index contributed by atoms with van der Waals surface area (Å²) in [7, 11) is 2.09. The predicted molar refractivity (Wildman–Crippen MR) is 177 cm³/mol. The van der Waals surface area contributed by atoms with Gasteiger partial charge in [-0.05, 0) is 79.9 Å². The molecule has 0 aliphatic carbocycles. The maximum atomic E-state index is 6.40. The van der Waals surface area contributed by atoms with Gasteiger partial charge in [0, 0.05) is 25.4 Å². The van der Waals surface area contributed by atoms with Crippen LogP contribution in [0.5, 0.6) is 5.75 Å². The number of allylic oxidation sites excluding steroid dienone is 1. The Morgan fingerprint density at radius 3 is 2.07 bits per heavy atom. The van der Waals surface area contributed by atoms with Gasteiger partial charge in [0.25, 0.3) is 0 Å². The molecule has 0 fully saturated rings. The zero-order chi connectivity index (χ0) is 28.5. The first-order valence-electron chi connectivity index (χ1n) is 14.6. The molecule has 0 bridgehead atoms. The molecule has 42 heavy (non-hydrogen) atoms. The third kappa shape index (κ3) is 4.86. The maximum absolute atomic E-state index is 6.40. The SMILES string of the molecule is C=C1/C=C\N(C)CCc2cccc(-c3cccc(-c4c5ccccc5c(Cc5ccccc5)c5ccccc45)c3)c2O1. The molecule has 0 spiro atoms. The first-order valence-corrected chi connectivity index (χ1v) is 14.6. The fourth-order valence-electron chi connectivity index (χ4n) is 6.24. The van der Waals surface area contributed by atoms with Gasteiger partial charge in [-0.15, -0.1) is 0 Å². The largest absolute Gasteiger partial charge is 0.457 e. The lowest BCUT2D eigenvalue weighted by Crippen LogP contribution is -2.13. The second-order valence-electron chi connectivity index (χ2n) is 11.1. The van der Waals surface area contributed by atoms with Crippen LogP contribution in [0.15, 0.2) is 146 Å². The topological polar surface area (TPSA) is 12.5 Å². The highest BCUT2D eigenvalue weighted by Crippen LogP contribution is 2.42. The third-order valence-electron chi connectivity index (χ3n) is 8.31. The molecule has 0 amide bonds. The lowest BCUT2D eigenvalue weighted by atomic mass is 9.85. The monoisotopic (exact) mass is 543 g/mol. The zero-order valence-electron chi connectivity index (χ0n) is 23.9. The highest BCUT2D eigenvalue weighted by molar-refractivity contribution is 6.15. The van der Waals surface area contributed by atoms with Gasteiger partial charge in [0.05, 0.1) is 0 Å². The molecule has 0 saturated carbocycles. The van der Waals surface area contributed by atoms with Crippen LogP contribution in [0.25, 0.3) is 43.8 Å². The fraction of sp³-hybridized carbons (Fsp3) is 0.100. The van der Waals surface area contributed by atoms with Crippen LogP contribution in [0.4, 0.5) is 0 Å². The van der Waals surface area contributed by atoms with E-state index in [4.69, 9.17) is 4.74 Å². The van der Waals surface area contributed by atoms with Crippen molar-refractivity contribution in [3.05, 3.63) is 163 Å². The molecule has 1 heterocycles. The van der Waals surface area contributed by atoms with E-state index in [9.17, 15) is 0 Å². The minimum atomic E-state index is 0.639. The van der Waals surface area contributed by atoms with Crippen molar-refractivity contribution in [3.8, 4) is 28.0 Å². The quantitative estimate of drug-likeness (QED) is 0.205. The number of hydrogen-bond donors (Lipinski definition) is 0. The molecule has 0 N–H and O–H groups in total. The van der Waals surface area contributed by atoms with E-state index >= 15 is 0 Å². The lowest BCUT2D eigenvalue weighted by Gasteiger charge is -2.19. The van der Waals surface area contributed by atoms with Crippen molar-refractivity contribution in [2.45, 2.75) is 12.8 Å². The maximum Gasteiger partial charge on any atom is 0.138 e. The third-order valence-corrected chi connectivity index (χ3v) is 8.31. The van der Waals surface area contributed by atoms with Crippen LogP contribution >= 0.6 is 0 Å². The molecule has 0 aromatic heterocycles. The first-order chi connectivity index (χ1) is 20.7. The Morgan fingerprint density at radius 2 is 1.33 bits per heavy atom. The van der Waals surface area contributed by atoms with Crippen LogP contribution in [0.3, 0.4) is 0 Å². The molecule has 6 aromatic rings. The molecular weight excluding hydrogens is 510 g/mol. The number of hydrogen-bond acceptors (Lipinski definition) is 2. The highest BCUT2D eigenvalue weighted by atomic mass is 16.5. The molecule has 2 heteroatoms. The van der Waals surface area contributed by atoms with Gasteiger partial charge in [-0.3, -0.25) is 0 Å². The van der Waals surface area contributed by atoms with Crippen LogP contribution in [-0.2, 0) is 12.8 Å². The molecule has 1 aliphatic rings. The second kappa shape index (κ2) is 11.1. The minimum absolute atomic E-state index is 0.639. The summed E-state index contributed by atoms with van der Waals surface area (Å²) in [6, 6.07) is 43.9. The zero-order valence-corrected chi connectivity index (χ0v) is 23.9. The van der Waals surface area contributed by atoms with Crippen LogP contribution in [-0.4, -0.2) is 18.5 Å². The number of fused-ring (bicyclic) bond motifs is 3. The van der Waals surface area contributed by atoms with Gasteiger partial charge in [-0.1, -0.05) is 122 Å². The molecule has 0 radical (unpaired) electrons. The van der Waals surface area contributed by atoms with Gasteiger partial charge in [0.2, 0.25) is 0 Å². The van der Waals surface area contributed by atoms with E-state index < -0.39 is 0 Å². The number of rotatable bonds is 4. The number of benzene rings is 6. The number of para-hydroxylation sites is 1. The summed E-state index contributed by atoms with van der Waals surface area (Å²) in [5.74, 6) is 1.53. The Hall–Kier alpha value is -5.08. The van der Waals surface area contributed by atoms with Gasteiger partial charge in [0.15, 0.2) is 0 Å². The molecule has 204 valence electrons. The van der Waals surface area contributed by atoms with E-state index in [1.165, 1.54) is 49.4 Å². The van der Waals surface area contributed by atoms with Crippen molar-refractivity contribution in [2.24, 2.45) is 0 Å². The van der Waals surface area contributed by atoms with Gasteiger partial charge in [-0.2, -0.15) is 0 Å². The molecule has 0 unspecified atom stereocenters. The van der Waals surface area contributed by atoms with Crippen LogP contribution in [0.1, 0.15) is 16.7 Å². The average molecular weight is 544 g/mol. The van der Waals surface area contributed by atoms with Crippen LogP contribution in [0.2, 0.25) is 0 Å². The summed E-state index contributed by atoms with van der Waals surface area (Å²) in [5.41, 5.74) is 8.57. The van der Waals surface area contributed by atoms with E-state index in [0.29, 0.717) is 5.76 Å². The van der Waals surface area contributed by atoms with E-state index in [1.54, 1.807) is 0 Å². The van der Waals surface area contributed by atoms with Crippen LogP contribution in [0, 0.1) is 0 Å². The normalized spacial score (nSPS) is 14.1. The van der Waals surface area contributed by atoms with Crippen molar-refractivity contribution < 1.29 is 4.74 Å². The van der Waals surface area contributed by atoms with Gasteiger partial charge in [-0.25, -0.2) is 0 Å². The van der Waals surface area contributed by atoms with Crippen LogP contribution < -0.4 is 4.74 Å². The molecular formula is C40H33NO. The number of likely N-dealkylation sites (N-methyl/N-ethyl adjacent to an activating group) is 1. The summed E-state index contributed by atoms with van der Waals surface area (Å²) in [4.78, 5) is 2.18. The summed E-state index contributed by atoms with van der Waals surface area (Å²) in [6.45, 7) is 5.08. The first kappa shape index (κ1) is 25.9. The summed E-state index contributed by atoms with van der Waals surface area (Å²) < 4.78 is 6.40. The Balaban J connectivity index is 1.42. The molecule has 7 rings (SSSR count). The number of nitrogens with zero attached hydrogens (tertiary/aromatic N) is 1. The smallest absolute Gasteiger partial charge is 0.138 e. The standard InChI is InChI=1S/C40H33NO/c1-28-22-24-41(2)25-23-30-14-11-21-33(40(30)42-28)31-15-10-16-32(27-31)39-36-19-8-6-17-34(36)38(26-29-12-4-3-5-13-29)35-18-7-9-20-37(35)39/h3-22,24,27H,1,23,25-26H2,2H3/b24-22-. The van der Waals surface area contributed by atoms with Crippen molar-refractivity contribution in [1.82, 2.24) is 4.90 Å². The predicted octanol–water partition coefficient (Wildman–Crippen LogP) is 9.81. The fourth-order valence-corrected chi connectivity index (χ4v) is 6.24. The van der Waals surface area contributed by atoms with Crippen molar-refractivity contribution in [1.29, 1.82) is 0 Å². The van der Waals surface area contributed by atoms with Crippen molar-refractivity contribution in [3.63, 3.8) is 0 Å².